The Labute approximate surface area is 157 Å². The molecule has 1 N–H and O–H groups in total. The monoisotopic (exact) mass is 371 g/mol. The lowest BCUT2D eigenvalue weighted by molar-refractivity contribution is 0.102. The number of carbonyl (C=O) groups excluding carboxylic acids is 1. The van der Waals surface area contributed by atoms with Crippen molar-refractivity contribution in [3.8, 4) is 0 Å². The van der Waals surface area contributed by atoms with Gasteiger partial charge in [0.2, 0.25) is 0 Å². The number of benzene rings is 1. The summed E-state index contributed by atoms with van der Waals surface area (Å²) in [6.45, 7) is 5.94. The highest BCUT2D eigenvalue weighted by molar-refractivity contribution is 6.31. The maximum atomic E-state index is 13.0. The number of aromatic nitrogens is 3. The summed E-state index contributed by atoms with van der Waals surface area (Å²) in [6, 6.07) is 7.36. The summed E-state index contributed by atoms with van der Waals surface area (Å²) in [5, 5.41) is 8.66. The van der Waals surface area contributed by atoms with Crippen molar-refractivity contribution in [1.82, 2.24) is 14.8 Å². The summed E-state index contributed by atoms with van der Waals surface area (Å²) in [7, 11) is 3.83. The number of amides is 1. The van der Waals surface area contributed by atoms with Crippen molar-refractivity contribution in [1.29, 1.82) is 0 Å². The Kier molecular flexibility index (Phi) is 4.87. The maximum Gasteiger partial charge on any atom is 0.256 e. The smallest absolute Gasteiger partial charge is 0.256 e. The fraction of sp³-hybridized carbons (Fsp3) is 0.316. The van der Waals surface area contributed by atoms with Gasteiger partial charge in [0.15, 0.2) is 5.65 Å². The summed E-state index contributed by atoms with van der Waals surface area (Å²) in [5.41, 5.74) is 3.56. The van der Waals surface area contributed by atoms with E-state index >= 15 is 0 Å². The summed E-state index contributed by atoms with van der Waals surface area (Å²) in [6.07, 6.45) is 1.70. The number of anilines is 2. The van der Waals surface area contributed by atoms with E-state index in [0.717, 1.165) is 16.8 Å². The molecule has 136 valence electrons. The van der Waals surface area contributed by atoms with Gasteiger partial charge in [0.05, 0.1) is 28.5 Å². The molecule has 2 aromatic heterocycles. The van der Waals surface area contributed by atoms with Crippen LogP contribution in [0.5, 0.6) is 0 Å². The zero-order valence-electron chi connectivity index (χ0n) is 15.5. The summed E-state index contributed by atoms with van der Waals surface area (Å²) < 4.78 is 1.82. The van der Waals surface area contributed by atoms with Crippen LogP contribution in [0.2, 0.25) is 5.02 Å². The molecule has 0 saturated heterocycles. The standard InChI is InChI=1S/C19H22ClN5O/c1-11(2)25-18-15(10-21-25)14(8-12(3)22-18)19(26)23-16-9-13(20)6-7-17(16)24(4)5/h6-11H,1-5H3,(H,23,26). The van der Waals surface area contributed by atoms with Crippen LogP contribution in [0.25, 0.3) is 11.0 Å². The van der Waals surface area contributed by atoms with E-state index in [1.54, 1.807) is 24.4 Å². The molecule has 0 bridgehead atoms. The zero-order chi connectivity index (χ0) is 19.0. The van der Waals surface area contributed by atoms with E-state index < -0.39 is 0 Å². The first-order valence-corrected chi connectivity index (χ1v) is 8.79. The molecular formula is C19H22ClN5O. The summed E-state index contributed by atoms with van der Waals surface area (Å²) in [5.74, 6) is -0.214. The van der Waals surface area contributed by atoms with Crippen LogP contribution in [0.3, 0.4) is 0 Å². The van der Waals surface area contributed by atoms with Crippen LogP contribution in [0.4, 0.5) is 11.4 Å². The molecule has 0 aliphatic carbocycles. The highest BCUT2D eigenvalue weighted by Gasteiger charge is 2.18. The number of hydrogen-bond acceptors (Lipinski definition) is 4. The Bertz CT molecular complexity index is 977. The summed E-state index contributed by atoms with van der Waals surface area (Å²) in [4.78, 5) is 19.5. The number of hydrogen-bond donors (Lipinski definition) is 1. The van der Waals surface area contributed by atoms with Crippen LogP contribution in [-0.2, 0) is 0 Å². The van der Waals surface area contributed by atoms with Crippen LogP contribution >= 0.6 is 11.6 Å². The third-order valence-electron chi connectivity index (χ3n) is 4.12. The summed E-state index contributed by atoms with van der Waals surface area (Å²) >= 11 is 6.12. The van der Waals surface area contributed by atoms with Crippen molar-refractivity contribution in [3.63, 3.8) is 0 Å². The Morgan fingerprint density at radius 3 is 2.65 bits per heavy atom. The zero-order valence-corrected chi connectivity index (χ0v) is 16.3. The van der Waals surface area contributed by atoms with Gasteiger partial charge in [0.25, 0.3) is 5.91 Å². The highest BCUT2D eigenvalue weighted by Crippen LogP contribution is 2.29. The van der Waals surface area contributed by atoms with Gasteiger partial charge in [-0.15, -0.1) is 0 Å². The van der Waals surface area contributed by atoms with Crippen molar-refractivity contribution in [2.75, 3.05) is 24.3 Å². The highest BCUT2D eigenvalue weighted by atomic mass is 35.5. The molecule has 0 spiro atoms. The fourth-order valence-electron chi connectivity index (χ4n) is 2.90. The first-order chi connectivity index (χ1) is 12.3. The molecule has 3 rings (SSSR count). The van der Waals surface area contributed by atoms with E-state index in [2.05, 4.69) is 15.4 Å². The Balaban J connectivity index is 2.05. The van der Waals surface area contributed by atoms with Gasteiger partial charge in [-0.25, -0.2) is 9.67 Å². The van der Waals surface area contributed by atoms with Crippen LogP contribution in [0, 0.1) is 6.92 Å². The predicted molar refractivity (Wildman–Crippen MR) is 106 cm³/mol. The minimum Gasteiger partial charge on any atom is -0.376 e. The van der Waals surface area contributed by atoms with E-state index in [0.29, 0.717) is 21.9 Å². The lowest BCUT2D eigenvalue weighted by Gasteiger charge is -2.18. The number of aryl methyl sites for hydroxylation is 1. The molecule has 0 radical (unpaired) electrons. The van der Waals surface area contributed by atoms with E-state index in [1.807, 2.05) is 50.5 Å². The normalized spacial score (nSPS) is 11.2. The number of nitrogens with zero attached hydrogens (tertiary/aromatic N) is 4. The van der Waals surface area contributed by atoms with Crippen LogP contribution in [0.1, 0.15) is 35.9 Å². The second-order valence-electron chi connectivity index (χ2n) is 6.74. The molecule has 2 heterocycles. The van der Waals surface area contributed by atoms with Gasteiger partial charge in [-0.1, -0.05) is 11.6 Å². The number of fused-ring (bicyclic) bond motifs is 1. The first kappa shape index (κ1) is 18.2. The fourth-order valence-corrected chi connectivity index (χ4v) is 3.07. The van der Waals surface area contributed by atoms with Crippen LogP contribution in [-0.4, -0.2) is 34.8 Å². The molecule has 0 saturated carbocycles. The largest absolute Gasteiger partial charge is 0.376 e. The van der Waals surface area contributed by atoms with Crippen molar-refractivity contribution >= 4 is 39.9 Å². The van der Waals surface area contributed by atoms with Gasteiger partial charge in [-0.2, -0.15) is 5.10 Å². The van der Waals surface area contributed by atoms with Crippen molar-refractivity contribution in [2.45, 2.75) is 26.8 Å². The minimum absolute atomic E-state index is 0.158. The molecule has 7 heteroatoms. The molecule has 0 unspecified atom stereocenters. The topological polar surface area (TPSA) is 63.1 Å². The Morgan fingerprint density at radius 1 is 1.27 bits per heavy atom. The second-order valence-corrected chi connectivity index (χ2v) is 7.18. The first-order valence-electron chi connectivity index (χ1n) is 8.41. The van der Waals surface area contributed by atoms with E-state index in [9.17, 15) is 4.79 Å². The molecule has 0 aliphatic heterocycles. The second kappa shape index (κ2) is 6.96. The third kappa shape index (κ3) is 3.37. The van der Waals surface area contributed by atoms with E-state index in [4.69, 9.17) is 11.6 Å². The average molecular weight is 372 g/mol. The van der Waals surface area contributed by atoms with E-state index in [1.165, 1.54) is 0 Å². The molecule has 26 heavy (non-hydrogen) atoms. The Morgan fingerprint density at radius 2 is 2.00 bits per heavy atom. The molecule has 3 aromatic rings. The number of halogens is 1. The number of rotatable bonds is 4. The maximum absolute atomic E-state index is 13.0. The quantitative estimate of drug-likeness (QED) is 0.743. The number of pyridine rings is 1. The average Bonchev–Trinajstić information content (AvgIpc) is 2.97. The third-order valence-corrected chi connectivity index (χ3v) is 4.35. The lowest BCUT2D eigenvalue weighted by Crippen LogP contribution is -2.17. The van der Waals surface area contributed by atoms with Gasteiger partial charge in [-0.3, -0.25) is 4.79 Å². The van der Waals surface area contributed by atoms with Crippen LogP contribution in [0.15, 0.2) is 30.5 Å². The molecule has 1 amide bonds. The molecular weight excluding hydrogens is 350 g/mol. The van der Waals surface area contributed by atoms with Crippen molar-refractivity contribution in [2.24, 2.45) is 0 Å². The minimum atomic E-state index is -0.214. The number of nitrogens with one attached hydrogen (secondary N) is 1. The molecule has 0 aliphatic rings. The van der Waals surface area contributed by atoms with Crippen molar-refractivity contribution < 1.29 is 4.79 Å². The van der Waals surface area contributed by atoms with Crippen LogP contribution < -0.4 is 10.2 Å². The van der Waals surface area contributed by atoms with Gasteiger partial charge in [-0.05, 0) is 45.0 Å². The lowest BCUT2D eigenvalue weighted by atomic mass is 10.1. The Hall–Kier alpha value is -2.60. The number of carbonyl (C=O) groups is 1. The predicted octanol–water partition coefficient (Wildman–Crippen LogP) is 4.29. The van der Waals surface area contributed by atoms with E-state index in [-0.39, 0.29) is 11.9 Å². The molecule has 6 nitrogen and oxygen atoms in total. The van der Waals surface area contributed by atoms with Gasteiger partial charge < -0.3 is 10.2 Å². The van der Waals surface area contributed by atoms with Gasteiger partial charge >= 0.3 is 0 Å². The molecule has 0 atom stereocenters. The van der Waals surface area contributed by atoms with Crippen molar-refractivity contribution in [3.05, 3.63) is 46.7 Å². The van der Waals surface area contributed by atoms with Gasteiger partial charge in [0, 0.05) is 30.9 Å². The van der Waals surface area contributed by atoms with Gasteiger partial charge in [0.1, 0.15) is 0 Å². The molecule has 1 aromatic carbocycles. The molecule has 0 fully saturated rings. The SMILES string of the molecule is Cc1cc(C(=O)Nc2cc(Cl)ccc2N(C)C)c2cnn(C(C)C)c2n1.